The van der Waals surface area contributed by atoms with Crippen molar-refractivity contribution in [3.8, 4) is 23.1 Å². The van der Waals surface area contributed by atoms with Crippen molar-refractivity contribution in [3.63, 3.8) is 0 Å². The molecule has 0 aliphatic rings. The first kappa shape index (κ1) is 11.6. The molecule has 0 radical (unpaired) electrons. The van der Waals surface area contributed by atoms with Gasteiger partial charge in [-0.1, -0.05) is 4.49 Å². The molecule has 5 heteroatoms. The normalized spacial score (nSPS) is 10.2. The second-order valence-electron chi connectivity index (χ2n) is 3.78. The summed E-state index contributed by atoms with van der Waals surface area (Å²) in [5.41, 5.74) is 2.18. The number of nitriles is 1. The van der Waals surface area contributed by atoms with E-state index in [-0.39, 0.29) is 6.10 Å². The first-order valence-electron chi connectivity index (χ1n) is 5.19. The van der Waals surface area contributed by atoms with Crippen LogP contribution in [-0.2, 0) is 0 Å². The molecular weight excluding hydrogens is 234 g/mol. The summed E-state index contributed by atoms with van der Waals surface area (Å²) in [7, 11) is 0. The van der Waals surface area contributed by atoms with Crippen molar-refractivity contribution in [2.24, 2.45) is 0 Å². The minimum atomic E-state index is 0.0499. The van der Waals surface area contributed by atoms with E-state index in [9.17, 15) is 0 Å². The van der Waals surface area contributed by atoms with Crippen LogP contribution in [0.25, 0.3) is 11.3 Å². The van der Waals surface area contributed by atoms with E-state index in [0.29, 0.717) is 11.3 Å². The quantitative estimate of drug-likeness (QED) is 0.834. The van der Waals surface area contributed by atoms with E-state index < -0.39 is 0 Å². The van der Waals surface area contributed by atoms with E-state index in [4.69, 9.17) is 10.00 Å². The third kappa shape index (κ3) is 2.60. The van der Waals surface area contributed by atoms with Crippen LogP contribution in [0, 0.1) is 11.3 Å². The maximum atomic E-state index is 9.09. The molecule has 0 atom stereocenters. The molecule has 0 spiro atoms. The highest BCUT2D eigenvalue weighted by atomic mass is 32.1. The molecule has 0 unspecified atom stereocenters. The second-order valence-corrected chi connectivity index (χ2v) is 4.39. The van der Waals surface area contributed by atoms with Gasteiger partial charge >= 0.3 is 0 Å². The zero-order chi connectivity index (χ0) is 12.3. The second kappa shape index (κ2) is 4.93. The average molecular weight is 245 g/mol. The molecular formula is C12H11N3OS. The van der Waals surface area contributed by atoms with Crippen molar-refractivity contribution in [1.82, 2.24) is 9.59 Å². The minimum Gasteiger partial charge on any atom is -0.490 e. The van der Waals surface area contributed by atoms with Gasteiger partial charge in [0, 0.05) is 10.9 Å². The Labute approximate surface area is 104 Å². The lowest BCUT2D eigenvalue weighted by molar-refractivity contribution is 0.242. The van der Waals surface area contributed by atoms with Crippen LogP contribution in [0.5, 0.6) is 5.75 Å². The Balaban J connectivity index is 2.39. The molecule has 2 rings (SSSR count). The van der Waals surface area contributed by atoms with Gasteiger partial charge in [-0.05, 0) is 43.6 Å². The minimum absolute atomic E-state index is 0.0499. The molecule has 1 aromatic heterocycles. The van der Waals surface area contributed by atoms with E-state index in [1.807, 2.05) is 25.3 Å². The Bertz CT molecular complexity index is 543. The van der Waals surface area contributed by atoms with E-state index in [1.165, 1.54) is 11.5 Å². The van der Waals surface area contributed by atoms with E-state index in [1.54, 1.807) is 12.1 Å². The third-order valence-electron chi connectivity index (χ3n) is 2.12. The zero-order valence-electron chi connectivity index (χ0n) is 9.54. The lowest BCUT2D eigenvalue weighted by Crippen LogP contribution is -2.06. The Hall–Kier alpha value is -1.93. The number of ether oxygens (including phenoxy) is 1. The Morgan fingerprint density at radius 2 is 2.24 bits per heavy atom. The molecule has 0 saturated heterocycles. The number of nitrogens with zero attached hydrogens (tertiary/aromatic N) is 3. The number of rotatable bonds is 3. The number of hydrogen-bond acceptors (Lipinski definition) is 5. The predicted octanol–water partition coefficient (Wildman–Crippen LogP) is 2.86. The standard InChI is InChI=1S/C12H11N3OS/c1-8(2)16-12-4-3-9(5-10(12)6-13)11-7-17-15-14-11/h3-5,7-8H,1-2H3. The van der Waals surface area contributed by atoms with Gasteiger partial charge in [-0.15, -0.1) is 5.10 Å². The molecule has 0 N–H and O–H groups in total. The van der Waals surface area contributed by atoms with Crippen molar-refractivity contribution in [2.45, 2.75) is 20.0 Å². The highest BCUT2D eigenvalue weighted by Gasteiger charge is 2.09. The predicted molar refractivity (Wildman–Crippen MR) is 65.8 cm³/mol. The summed E-state index contributed by atoms with van der Waals surface area (Å²) < 4.78 is 9.36. The van der Waals surface area contributed by atoms with Crippen molar-refractivity contribution in [2.75, 3.05) is 0 Å². The number of hydrogen-bond donors (Lipinski definition) is 0. The summed E-state index contributed by atoms with van der Waals surface area (Å²) in [5.74, 6) is 0.606. The van der Waals surface area contributed by atoms with Crippen LogP contribution in [-0.4, -0.2) is 15.7 Å². The fourth-order valence-corrected chi connectivity index (χ4v) is 1.89. The Kier molecular flexibility index (Phi) is 3.35. The fraction of sp³-hybridized carbons (Fsp3) is 0.250. The smallest absolute Gasteiger partial charge is 0.137 e. The fourth-order valence-electron chi connectivity index (χ4n) is 1.42. The summed E-state index contributed by atoms with van der Waals surface area (Å²) >= 11 is 1.29. The molecule has 1 heterocycles. The van der Waals surface area contributed by atoms with Crippen molar-refractivity contribution >= 4 is 11.5 Å². The van der Waals surface area contributed by atoms with Crippen molar-refractivity contribution in [1.29, 1.82) is 5.26 Å². The summed E-state index contributed by atoms with van der Waals surface area (Å²) in [6, 6.07) is 7.59. The van der Waals surface area contributed by atoms with Crippen LogP contribution in [0.4, 0.5) is 0 Å². The maximum Gasteiger partial charge on any atom is 0.137 e. The van der Waals surface area contributed by atoms with Crippen LogP contribution >= 0.6 is 11.5 Å². The summed E-state index contributed by atoms with van der Waals surface area (Å²) in [4.78, 5) is 0. The Morgan fingerprint density at radius 3 is 2.82 bits per heavy atom. The van der Waals surface area contributed by atoms with Crippen molar-refractivity contribution in [3.05, 3.63) is 29.1 Å². The van der Waals surface area contributed by atoms with Crippen LogP contribution in [0.3, 0.4) is 0 Å². The molecule has 0 aliphatic heterocycles. The molecule has 0 bridgehead atoms. The Morgan fingerprint density at radius 1 is 1.41 bits per heavy atom. The van der Waals surface area contributed by atoms with Crippen LogP contribution < -0.4 is 4.74 Å². The van der Waals surface area contributed by atoms with Gasteiger partial charge in [-0.25, -0.2) is 0 Å². The van der Waals surface area contributed by atoms with E-state index in [2.05, 4.69) is 15.7 Å². The van der Waals surface area contributed by atoms with Crippen LogP contribution in [0.2, 0.25) is 0 Å². The first-order chi connectivity index (χ1) is 8.20. The lowest BCUT2D eigenvalue weighted by Gasteiger charge is -2.11. The SMILES string of the molecule is CC(C)Oc1ccc(-c2csnn2)cc1C#N. The zero-order valence-corrected chi connectivity index (χ0v) is 10.4. The van der Waals surface area contributed by atoms with Gasteiger partial charge in [-0.2, -0.15) is 5.26 Å². The van der Waals surface area contributed by atoms with Gasteiger partial charge in [0.1, 0.15) is 17.5 Å². The maximum absolute atomic E-state index is 9.09. The van der Waals surface area contributed by atoms with Gasteiger partial charge < -0.3 is 4.74 Å². The molecule has 86 valence electrons. The first-order valence-corrected chi connectivity index (χ1v) is 6.02. The number of benzene rings is 1. The molecule has 2 aromatic rings. The largest absolute Gasteiger partial charge is 0.490 e. The molecule has 0 saturated carbocycles. The van der Waals surface area contributed by atoms with Gasteiger partial charge in [0.2, 0.25) is 0 Å². The van der Waals surface area contributed by atoms with Gasteiger partial charge in [0.25, 0.3) is 0 Å². The average Bonchev–Trinajstić information content (AvgIpc) is 2.82. The topological polar surface area (TPSA) is 58.8 Å². The van der Waals surface area contributed by atoms with Crippen LogP contribution in [0.15, 0.2) is 23.6 Å². The number of aromatic nitrogens is 2. The molecule has 1 aromatic carbocycles. The monoisotopic (exact) mass is 245 g/mol. The lowest BCUT2D eigenvalue weighted by atomic mass is 10.1. The van der Waals surface area contributed by atoms with Crippen LogP contribution in [0.1, 0.15) is 19.4 Å². The van der Waals surface area contributed by atoms with Gasteiger partial charge in [0.05, 0.1) is 11.7 Å². The molecule has 17 heavy (non-hydrogen) atoms. The summed E-state index contributed by atoms with van der Waals surface area (Å²) in [5, 5.41) is 14.9. The van der Waals surface area contributed by atoms with Gasteiger partial charge in [-0.3, -0.25) is 0 Å². The third-order valence-corrected chi connectivity index (χ3v) is 2.62. The molecule has 4 nitrogen and oxygen atoms in total. The summed E-state index contributed by atoms with van der Waals surface area (Å²) in [6.45, 7) is 3.86. The van der Waals surface area contributed by atoms with Crippen molar-refractivity contribution < 1.29 is 4.74 Å². The van der Waals surface area contributed by atoms with Gasteiger partial charge in [0.15, 0.2) is 0 Å². The van der Waals surface area contributed by atoms with E-state index >= 15 is 0 Å². The highest BCUT2D eigenvalue weighted by molar-refractivity contribution is 7.03. The molecule has 0 amide bonds. The van der Waals surface area contributed by atoms with E-state index in [0.717, 1.165) is 11.3 Å². The molecule has 0 fully saturated rings. The summed E-state index contributed by atoms with van der Waals surface area (Å²) in [6.07, 6.45) is 0.0499. The highest BCUT2D eigenvalue weighted by Crippen LogP contribution is 2.26. The molecule has 0 aliphatic carbocycles.